The summed E-state index contributed by atoms with van der Waals surface area (Å²) in [5.41, 5.74) is 5.51. The van der Waals surface area contributed by atoms with Crippen LogP contribution < -0.4 is 16.4 Å². The summed E-state index contributed by atoms with van der Waals surface area (Å²) in [6.07, 6.45) is 3.58. The molecule has 1 unspecified atom stereocenters. The molecule has 1 saturated carbocycles. The Bertz CT molecular complexity index is 409. The second-order valence-electron chi connectivity index (χ2n) is 6.44. The first-order chi connectivity index (χ1) is 10.3. The first-order valence-corrected chi connectivity index (χ1v) is 8.18. The van der Waals surface area contributed by atoms with Gasteiger partial charge in [0, 0.05) is 30.8 Å². The fourth-order valence-corrected chi connectivity index (χ4v) is 3.99. The summed E-state index contributed by atoms with van der Waals surface area (Å²) < 4.78 is 0. The number of hydrogen-bond acceptors (Lipinski definition) is 3. The molecule has 0 bridgehead atoms. The molecule has 1 aliphatic rings. The second kappa shape index (κ2) is 8.15. The summed E-state index contributed by atoms with van der Waals surface area (Å²) in [4.78, 5) is 23.0. The summed E-state index contributed by atoms with van der Waals surface area (Å²) in [6, 6.07) is -0.0653. The molecule has 0 spiro atoms. The molecule has 0 aromatic rings. The molecule has 126 valence electrons. The Hall–Kier alpha value is -1.59. The SMILES string of the molecule is CCC(CC)C(NC(C)=O)[C@@H]1[C@H](C)[C@@H](C=O)C[C@H]1NC(=N)N. The van der Waals surface area contributed by atoms with Crippen LogP contribution in [0.4, 0.5) is 0 Å². The van der Waals surface area contributed by atoms with E-state index in [9.17, 15) is 9.59 Å². The van der Waals surface area contributed by atoms with Crippen LogP contribution in [0.25, 0.3) is 0 Å². The van der Waals surface area contributed by atoms with Gasteiger partial charge in [-0.05, 0) is 18.3 Å². The van der Waals surface area contributed by atoms with Gasteiger partial charge in [-0.3, -0.25) is 10.2 Å². The Morgan fingerprint density at radius 2 is 2.00 bits per heavy atom. The topological polar surface area (TPSA) is 108 Å². The van der Waals surface area contributed by atoms with Gasteiger partial charge < -0.3 is 21.2 Å². The summed E-state index contributed by atoms with van der Waals surface area (Å²) in [7, 11) is 0. The monoisotopic (exact) mass is 310 g/mol. The average Bonchev–Trinajstić information content (AvgIpc) is 2.73. The van der Waals surface area contributed by atoms with Crippen LogP contribution >= 0.6 is 0 Å². The molecule has 0 aliphatic heterocycles. The Morgan fingerprint density at radius 3 is 2.41 bits per heavy atom. The van der Waals surface area contributed by atoms with E-state index in [0.29, 0.717) is 12.3 Å². The molecule has 6 nitrogen and oxygen atoms in total. The summed E-state index contributed by atoms with van der Waals surface area (Å²) in [6.45, 7) is 7.82. The van der Waals surface area contributed by atoms with Crippen LogP contribution in [0, 0.1) is 29.1 Å². The summed E-state index contributed by atoms with van der Waals surface area (Å²) >= 11 is 0. The molecule has 6 heteroatoms. The lowest BCUT2D eigenvalue weighted by molar-refractivity contribution is -0.120. The van der Waals surface area contributed by atoms with Gasteiger partial charge in [0.15, 0.2) is 5.96 Å². The predicted octanol–water partition coefficient (Wildman–Crippen LogP) is 1.25. The van der Waals surface area contributed by atoms with Gasteiger partial charge in [0.05, 0.1) is 0 Å². The maximum Gasteiger partial charge on any atom is 0.217 e. The normalized spacial score (nSPS) is 29.1. The first kappa shape index (κ1) is 18.5. The summed E-state index contributed by atoms with van der Waals surface area (Å²) in [5.74, 6) is 0.380. The van der Waals surface area contributed by atoms with E-state index in [4.69, 9.17) is 11.1 Å². The Balaban J connectivity index is 3.11. The molecule has 22 heavy (non-hydrogen) atoms. The van der Waals surface area contributed by atoms with Crippen LogP contribution in [-0.4, -0.2) is 30.2 Å². The van der Waals surface area contributed by atoms with Crippen molar-refractivity contribution >= 4 is 18.2 Å². The fraction of sp³-hybridized carbons (Fsp3) is 0.812. The summed E-state index contributed by atoms with van der Waals surface area (Å²) in [5, 5.41) is 13.6. The Kier molecular flexibility index (Phi) is 6.84. The molecule has 1 aliphatic carbocycles. The van der Waals surface area contributed by atoms with Crippen LogP contribution in [0.1, 0.15) is 47.0 Å². The van der Waals surface area contributed by atoms with Crippen molar-refractivity contribution in [3.05, 3.63) is 0 Å². The number of hydrogen-bond donors (Lipinski definition) is 4. The van der Waals surface area contributed by atoms with Crippen molar-refractivity contribution in [2.24, 2.45) is 29.4 Å². The van der Waals surface area contributed by atoms with Crippen molar-refractivity contribution in [2.45, 2.75) is 59.0 Å². The average molecular weight is 310 g/mol. The fourth-order valence-electron chi connectivity index (χ4n) is 3.99. The zero-order valence-corrected chi connectivity index (χ0v) is 14.1. The molecule has 0 saturated heterocycles. The zero-order chi connectivity index (χ0) is 16.9. The third-order valence-corrected chi connectivity index (χ3v) is 5.13. The van der Waals surface area contributed by atoms with Crippen LogP contribution in [0.5, 0.6) is 0 Å². The molecule has 0 heterocycles. The van der Waals surface area contributed by atoms with Gasteiger partial charge in [-0.1, -0.05) is 33.6 Å². The van der Waals surface area contributed by atoms with E-state index in [2.05, 4.69) is 31.4 Å². The van der Waals surface area contributed by atoms with E-state index in [1.807, 2.05) is 0 Å². The van der Waals surface area contributed by atoms with Crippen LogP contribution in [-0.2, 0) is 9.59 Å². The molecule has 5 N–H and O–H groups in total. The number of amides is 1. The molecule has 1 fully saturated rings. The first-order valence-electron chi connectivity index (χ1n) is 8.18. The van der Waals surface area contributed by atoms with Crippen LogP contribution in [0.2, 0.25) is 0 Å². The van der Waals surface area contributed by atoms with Gasteiger partial charge >= 0.3 is 0 Å². The second-order valence-corrected chi connectivity index (χ2v) is 6.44. The van der Waals surface area contributed by atoms with Gasteiger partial charge in [0.1, 0.15) is 6.29 Å². The van der Waals surface area contributed by atoms with Crippen molar-refractivity contribution in [1.29, 1.82) is 5.41 Å². The van der Waals surface area contributed by atoms with E-state index in [1.54, 1.807) is 0 Å². The van der Waals surface area contributed by atoms with Crippen molar-refractivity contribution in [2.75, 3.05) is 0 Å². The smallest absolute Gasteiger partial charge is 0.217 e. The van der Waals surface area contributed by atoms with Gasteiger partial charge in [0.25, 0.3) is 0 Å². The molecular weight excluding hydrogens is 280 g/mol. The predicted molar refractivity (Wildman–Crippen MR) is 87.3 cm³/mol. The van der Waals surface area contributed by atoms with E-state index < -0.39 is 0 Å². The molecule has 1 rings (SSSR count). The number of carbonyl (C=O) groups is 2. The van der Waals surface area contributed by atoms with E-state index in [-0.39, 0.29) is 41.7 Å². The van der Waals surface area contributed by atoms with E-state index in [0.717, 1.165) is 19.1 Å². The third-order valence-electron chi connectivity index (χ3n) is 5.13. The van der Waals surface area contributed by atoms with Gasteiger partial charge in [0.2, 0.25) is 5.91 Å². The molecule has 0 radical (unpaired) electrons. The van der Waals surface area contributed by atoms with Crippen molar-refractivity contribution < 1.29 is 9.59 Å². The quantitative estimate of drug-likeness (QED) is 0.322. The van der Waals surface area contributed by atoms with Crippen molar-refractivity contribution in [3.8, 4) is 0 Å². The zero-order valence-electron chi connectivity index (χ0n) is 14.1. The largest absolute Gasteiger partial charge is 0.370 e. The maximum atomic E-state index is 11.7. The van der Waals surface area contributed by atoms with Gasteiger partial charge in [-0.15, -0.1) is 0 Å². The maximum absolute atomic E-state index is 11.7. The minimum absolute atomic E-state index is 0.00991. The minimum atomic E-state index is -0.0835. The minimum Gasteiger partial charge on any atom is -0.370 e. The van der Waals surface area contributed by atoms with Crippen molar-refractivity contribution in [1.82, 2.24) is 10.6 Å². The van der Waals surface area contributed by atoms with Gasteiger partial charge in [-0.25, -0.2) is 0 Å². The van der Waals surface area contributed by atoms with Gasteiger partial charge in [-0.2, -0.15) is 0 Å². The highest BCUT2D eigenvalue weighted by Crippen LogP contribution is 2.41. The number of nitrogens with two attached hydrogens (primary N) is 1. The lowest BCUT2D eigenvalue weighted by Gasteiger charge is -2.37. The Morgan fingerprint density at radius 1 is 1.41 bits per heavy atom. The number of aldehydes is 1. The highest BCUT2D eigenvalue weighted by atomic mass is 16.1. The molecule has 5 atom stereocenters. The molecule has 0 aromatic heterocycles. The highest BCUT2D eigenvalue weighted by molar-refractivity contribution is 5.75. The lowest BCUT2D eigenvalue weighted by atomic mass is 9.77. The Labute approximate surface area is 133 Å². The standard InChI is InChI=1S/C16H30N4O2/c1-5-11(6-2)15(19-10(4)22)14-9(3)12(8-21)7-13(14)20-16(17)18/h8-9,11-15H,5-7H2,1-4H3,(H,19,22)(H4,17,18,20)/t9-,12-,13-,14-,15?/m1/s1. The van der Waals surface area contributed by atoms with E-state index in [1.165, 1.54) is 6.92 Å². The highest BCUT2D eigenvalue weighted by Gasteiger charge is 2.46. The van der Waals surface area contributed by atoms with E-state index >= 15 is 0 Å². The molecule has 1 amide bonds. The van der Waals surface area contributed by atoms with Crippen LogP contribution in [0.15, 0.2) is 0 Å². The number of guanidine groups is 1. The van der Waals surface area contributed by atoms with Crippen LogP contribution in [0.3, 0.4) is 0 Å². The number of nitrogens with one attached hydrogen (secondary N) is 3. The number of rotatable bonds is 7. The van der Waals surface area contributed by atoms with Crippen molar-refractivity contribution in [3.63, 3.8) is 0 Å². The lowest BCUT2D eigenvalue weighted by Crippen LogP contribution is -2.53. The molecule has 0 aromatic carbocycles. The third kappa shape index (κ3) is 4.21. The number of carbonyl (C=O) groups excluding carboxylic acids is 2. The molecular formula is C16H30N4O2.